The van der Waals surface area contributed by atoms with Gasteiger partial charge in [-0.3, -0.25) is 8.75 Å². The van der Waals surface area contributed by atoms with Crippen molar-refractivity contribution in [2.75, 3.05) is 0 Å². The molecule has 0 bridgehead atoms. The van der Waals surface area contributed by atoms with Crippen molar-refractivity contribution in [2.45, 2.75) is 20.8 Å². The van der Waals surface area contributed by atoms with E-state index in [1.165, 1.54) is 11.5 Å². The Morgan fingerprint density at radius 3 is 2.43 bits per heavy atom. The third-order valence-corrected chi connectivity index (χ3v) is 2.53. The van der Waals surface area contributed by atoms with Crippen molar-refractivity contribution in [3.63, 3.8) is 0 Å². The van der Waals surface area contributed by atoms with Gasteiger partial charge in [0, 0.05) is 7.05 Å². The predicted molar refractivity (Wildman–Crippen MR) is 65.7 cm³/mol. The maximum Gasteiger partial charge on any atom is 0.268 e. The molecule has 0 saturated heterocycles. The molecule has 0 radical (unpaired) electrons. The van der Waals surface area contributed by atoms with E-state index in [1.807, 2.05) is 32.9 Å². The van der Waals surface area contributed by atoms with E-state index in [-0.39, 0.29) is 5.56 Å². The van der Waals surface area contributed by atoms with Crippen LogP contribution in [0, 0.1) is 0 Å². The van der Waals surface area contributed by atoms with Crippen LogP contribution in [0.1, 0.15) is 31.2 Å². The van der Waals surface area contributed by atoms with Gasteiger partial charge in [-0.1, -0.05) is 44.1 Å². The molecule has 1 heterocycles. The first-order valence-electron chi connectivity index (χ1n) is 4.66. The van der Waals surface area contributed by atoms with Gasteiger partial charge in [-0.2, -0.15) is 0 Å². The van der Waals surface area contributed by atoms with Crippen LogP contribution in [0.25, 0.3) is 12.2 Å². The highest BCUT2D eigenvalue weighted by molar-refractivity contribution is 7.07. The zero-order chi connectivity index (χ0) is 11.1. The van der Waals surface area contributed by atoms with E-state index < -0.39 is 0 Å². The van der Waals surface area contributed by atoms with E-state index in [4.69, 9.17) is 0 Å². The van der Waals surface area contributed by atoms with Gasteiger partial charge in [-0.15, -0.1) is 0 Å². The molecule has 0 saturated carbocycles. The molecule has 1 aromatic heterocycles. The van der Waals surface area contributed by atoms with Crippen LogP contribution < -0.4 is 5.56 Å². The quantitative estimate of drug-likeness (QED) is 0.736. The van der Waals surface area contributed by atoms with Crippen molar-refractivity contribution in [1.29, 1.82) is 0 Å². The summed E-state index contributed by atoms with van der Waals surface area (Å²) in [5.41, 5.74) is 0.726. The molecule has 0 fully saturated rings. The summed E-state index contributed by atoms with van der Waals surface area (Å²) in [5.74, 6) is 0. The molecule has 0 atom stereocenters. The molecule has 14 heavy (non-hydrogen) atoms. The largest absolute Gasteiger partial charge is 0.268 e. The van der Waals surface area contributed by atoms with Crippen molar-refractivity contribution in [2.24, 2.45) is 7.05 Å². The van der Waals surface area contributed by atoms with Crippen LogP contribution in [0.2, 0.25) is 0 Å². The molecule has 0 aliphatic rings. The third-order valence-electron chi connectivity index (χ3n) is 1.54. The Hall–Kier alpha value is -1.09. The summed E-state index contributed by atoms with van der Waals surface area (Å²) in [4.78, 5) is 12.3. The minimum absolute atomic E-state index is 0.0306. The molecule has 1 rings (SSSR count). The van der Waals surface area contributed by atoms with E-state index in [9.17, 15) is 4.79 Å². The number of hydrogen-bond acceptors (Lipinski definition) is 2. The lowest BCUT2D eigenvalue weighted by molar-refractivity contribution is 0.978. The molecule has 0 aliphatic heterocycles. The second kappa shape index (κ2) is 6.38. The maximum atomic E-state index is 11.4. The Bertz CT molecular complexity index is 371. The van der Waals surface area contributed by atoms with E-state index in [1.54, 1.807) is 17.1 Å². The summed E-state index contributed by atoms with van der Waals surface area (Å²) in [6, 6.07) is 0. The van der Waals surface area contributed by atoms with Gasteiger partial charge in [-0.25, -0.2) is 0 Å². The Morgan fingerprint density at radius 2 is 2.00 bits per heavy atom. The van der Waals surface area contributed by atoms with Gasteiger partial charge in [-0.05, 0) is 13.0 Å². The smallest absolute Gasteiger partial charge is 0.268 e. The van der Waals surface area contributed by atoms with Gasteiger partial charge in [0.05, 0.1) is 10.4 Å². The maximum absolute atomic E-state index is 11.4. The van der Waals surface area contributed by atoms with Crippen LogP contribution in [0.3, 0.4) is 0 Å². The fourth-order valence-corrected chi connectivity index (χ4v) is 1.91. The predicted octanol–water partition coefficient (Wildman–Crippen LogP) is 3.15. The normalized spacial score (nSPS) is 9.71. The first-order chi connectivity index (χ1) is 6.70. The van der Waals surface area contributed by atoms with Crippen LogP contribution in [0.4, 0.5) is 0 Å². The highest BCUT2D eigenvalue weighted by Crippen LogP contribution is 2.14. The Labute approximate surface area is 89.4 Å². The van der Waals surface area contributed by atoms with Crippen LogP contribution in [0.15, 0.2) is 17.4 Å². The van der Waals surface area contributed by atoms with E-state index in [2.05, 4.69) is 6.58 Å². The fraction of sp³-hybridized carbons (Fsp3) is 0.364. The van der Waals surface area contributed by atoms with Crippen LogP contribution in [-0.2, 0) is 7.05 Å². The van der Waals surface area contributed by atoms with Gasteiger partial charge in [0.1, 0.15) is 0 Å². The van der Waals surface area contributed by atoms with E-state index in [0.717, 1.165) is 4.88 Å². The average molecular weight is 211 g/mol. The molecule has 0 amide bonds. The molecule has 2 nitrogen and oxygen atoms in total. The average Bonchev–Trinajstić information content (AvgIpc) is 2.46. The van der Waals surface area contributed by atoms with Crippen molar-refractivity contribution in [3.8, 4) is 0 Å². The minimum Gasteiger partial charge on any atom is -0.268 e. The monoisotopic (exact) mass is 211 g/mol. The molecular weight excluding hydrogens is 194 g/mol. The molecule has 0 spiro atoms. The van der Waals surface area contributed by atoms with Gasteiger partial charge in [0.25, 0.3) is 5.56 Å². The first kappa shape index (κ1) is 12.9. The fourth-order valence-electron chi connectivity index (χ4n) is 0.973. The molecule has 0 aromatic carbocycles. The van der Waals surface area contributed by atoms with Crippen molar-refractivity contribution >= 4 is 23.7 Å². The van der Waals surface area contributed by atoms with E-state index >= 15 is 0 Å². The van der Waals surface area contributed by atoms with Crippen LogP contribution >= 0.6 is 11.5 Å². The highest BCUT2D eigenvalue weighted by atomic mass is 32.1. The number of rotatable bonds is 2. The second-order valence-corrected chi connectivity index (χ2v) is 3.55. The van der Waals surface area contributed by atoms with Crippen LogP contribution in [-0.4, -0.2) is 3.96 Å². The van der Waals surface area contributed by atoms with Gasteiger partial charge in [0.15, 0.2) is 0 Å². The zero-order valence-corrected chi connectivity index (χ0v) is 10.0. The first-order valence-corrected chi connectivity index (χ1v) is 5.43. The lowest BCUT2D eigenvalue weighted by Crippen LogP contribution is -2.10. The molecule has 1 aromatic rings. The summed E-state index contributed by atoms with van der Waals surface area (Å²) in [6.45, 7) is 9.54. The number of aromatic nitrogens is 1. The Morgan fingerprint density at radius 1 is 1.43 bits per heavy atom. The Balaban J connectivity index is 0.000000791. The molecule has 0 N–H and O–H groups in total. The standard InChI is InChI=1S/C9H11NOS.C2H6/c1-4-6-8-7(5-2)9(11)10(3)12-8;1-2/h4-6H,2H2,1,3H3;1-2H3/b6-4-;. The van der Waals surface area contributed by atoms with Crippen LogP contribution in [0.5, 0.6) is 0 Å². The number of aryl methyl sites for hydroxylation is 1. The molecule has 0 aliphatic carbocycles. The van der Waals surface area contributed by atoms with Crippen molar-refractivity contribution in [1.82, 2.24) is 3.96 Å². The van der Waals surface area contributed by atoms with Gasteiger partial charge < -0.3 is 0 Å². The summed E-state index contributed by atoms with van der Waals surface area (Å²) in [5, 5.41) is 0. The lowest BCUT2D eigenvalue weighted by atomic mass is 10.2. The van der Waals surface area contributed by atoms with Crippen molar-refractivity contribution in [3.05, 3.63) is 33.4 Å². The molecule has 78 valence electrons. The molecular formula is C11H17NOS. The second-order valence-electron chi connectivity index (χ2n) is 2.38. The number of allylic oxidation sites excluding steroid dienone is 1. The minimum atomic E-state index is 0.0306. The molecule has 3 heteroatoms. The summed E-state index contributed by atoms with van der Waals surface area (Å²) < 4.78 is 1.60. The third kappa shape index (κ3) is 2.70. The highest BCUT2D eigenvalue weighted by Gasteiger charge is 2.06. The van der Waals surface area contributed by atoms with Crippen molar-refractivity contribution < 1.29 is 0 Å². The Kier molecular flexibility index (Phi) is 5.88. The van der Waals surface area contributed by atoms with E-state index in [0.29, 0.717) is 5.56 Å². The van der Waals surface area contributed by atoms with Gasteiger partial charge in [0.2, 0.25) is 0 Å². The summed E-state index contributed by atoms with van der Waals surface area (Å²) in [7, 11) is 1.76. The molecule has 0 unspecified atom stereocenters. The summed E-state index contributed by atoms with van der Waals surface area (Å²) >= 11 is 1.44. The SMILES string of the molecule is C=Cc1c(/C=C\C)sn(C)c1=O.CC. The number of hydrogen-bond donors (Lipinski definition) is 0. The zero-order valence-electron chi connectivity index (χ0n) is 9.20. The lowest BCUT2D eigenvalue weighted by Gasteiger charge is -1.83. The topological polar surface area (TPSA) is 22.0 Å². The van der Waals surface area contributed by atoms with Gasteiger partial charge >= 0.3 is 0 Å². The number of nitrogens with zero attached hydrogens (tertiary/aromatic N) is 1. The summed E-state index contributed by atoms with van der Waals surface area (Å²) in [6.07, 6.45) is 5.44.